The Labute approximate surface area is 116 Å². The Morgan fingerprint density at radius 2 is 2.30 bits per heavy atom. The van der Waals surface area contributed by atoms with Crippen molar-refractivity contribution in [2.75, 3.05) is 24.6 Å². The number of carboxylic acids is 1. The second-order valence-electron chi connectivity index (χ2n) is 4.58. The first-order chi connectivity index (χ1) is 9.70. The van der Waals surface area contributed by atoms with Crippen LogP contribution in [0, 0.1) is 11.3 Å². The van der Waals surface area contributed by atoms with Crippen molar-refractivity contribution < 1.29 is 14.6 Å². The van der Waals surface area contributed by atoms with Gasteiger partial charge in [0.15, 0.2) is 5.82 Å². The summed E-state index contributed by atoms with van der Waals surface area (Å²) in [6.45, 7) is 1.70. The van der Waals surface area contributed by atoms with Crippen LogP contribution in [0.1, 0.15) is 24.8 Å². The minimum absolute atomic E-state index is 0.0307. The molecule has 7 nitrogen and oxygen atoms in total. The topological polar surface area (TPSA) is 99.3 Å². The molecule has 1 aliphatic heterocycles. The second kappa shape index (κ2) is 6.82. The normalized spacial score (nSPS) is 15.8. The molecular weight excluding hydrogens is 260 g/mol. The van der Waals surface area contributed by atoms with Crippen LogP contribution in [0.15, 0.2) is 12.3 Å². The van der Waals surface area contributed by atoms with E-state index in [0.717, 1.165) is 25.9 Å². The molecule has 106 valence electrons. The van der Waals surface area contributed by atoms with Crippen LogP contribution in [-0.4, -0.2) is 47.1 Å². The number of nitriles is 1. The van der Waals surface area contributed by atoms with Gasteiger partial charge in [-0.3, -0.25) is 4.79 Å². The summed E-state index contributed by atoms with van der Waals surface area (Å²) in [6.07, 6.45) is 3.20. The fraction of sp³-hybridized carbons (Fsp3) is 0.538. The van der Waals surface area contributed by atoms with Gasteiger partial charge in [-0.25, -0.2) is 0 Å². The summed E-state index contributed by atoms with van der Waals surface area (Å²) < 4.78 is 5.53. The molecule has 0 aromatic carbocycles. The molecule has 2 heterocycles. The molecule has 1 aliphatic rings. The molecule has 20 heavy (non-hydrogen) atoms. The van der Waals surface area contributed by atoms with Crippen molar-refractivity contribution in [2.45, 2.75) is 25.4 Å². The molecule has 1 fully saturated rings. The molecule has 1 N–H and O–H groups in total. The zero-order chi connectivity index (χ0) is 14.4. The predicted molar refractivity (Wildman–Crippen MR) is 70.2 cm³/mol. The van der Waals surface area contributed by atoms with Crippen LogP contribution in [-0.2, 0) is 9.53 Å². The van der Waals surface area contributed by atoms with E-state index in [2.05, 4.69) is 16.3 Å². The number of rotatable bonds is 5. The quantitative estimate of drug-likeness (QED) is 0.849. The van der Waals surface area contributed by atoms with Gasteiger partial charge in [-0.05, 0) is 18.9 Å². The highest BCUT2D eigenvalue weighted by molar-refractivity contribution is 5.66. The van der Waals surface area contributed by atoms with Crippen LogP contribution in [0.4, 0.5) is 5.82 Å². The number of carboxylic acid groups (broad SMARTS) is 1. The average Bonchev–Trinajstić information content (AvgIpc) is 2.47. The van der Waals surface area contributed by atoms with Crippen LogP contribution in [0.3, 0.4) is 0 Å². The van der Waals surface area contributed by atoms with E-state index in [1.54, 1.807) is 6.07 Å². The first-order valence-corrected chi connectivity index (χ1v) is 6.51. The third-order valence-electron chi connectivity index (χ3n) is 3.23. The number of hydrogen-bond acceptors (Lipinski definition) is 6. The Morgan fingerprint density at radius 1 is 1.55 bits per heavy atom. The fourth-order valence-corrected chi connectivity index (χ4v) is 2.19. The zero-order valence-corrected chi connectivity index (χ0v) is 11.0. The summed E-state index contributed by atoms with van der Waals surface area (Å²) in [5.74, 6) is -0.236. The summed E-state index contributed by atoms with van der Waals surface area (Å²) in [7, 11) is 0. The molecule has 1 saturated heterocycles. The van der Waals surface area contributed by atoms with Gasteiger partial charge in [-0.1, -0.05) is 0 Å². The molecule has 0 bridgehead atoms. The summed E-state index contributed by atoms with van der Waals surface area (Å²) in [4.78, 5) is 12.4. The van der Waals surface area contributed by atoms with Gasteiger partial charge in [-0.15, -0.1) is 5.10 Å². The number of piperidine rings is 1. The second-order valence-corrected chi connectivity index (χ2v) is 4.58. The molecule has 0 atom stereocenters. The van der Waals surface area contributed by atoms with Crippen LogP contribution >= 0.6 is 0 Å². The monoisotopic (exact) mass is 276 g/mol. The fourth-order valence-electron chi connectivity index (χ4n) is 2.19. The minimum Gasteiger partial charge on any atom is -0.481 e. The number of ether oxygens (including phenoxy) is 1. The molecule has 1 aromatic heterocycles. The Balaban J connectivity index is 1.85. The largest absolute Gasteiger partial charge is 0.481 e. The van der Waals surface area contributed by atoms with Gasteiger partial charge in [0.2, 0.25) is 0 Å². The average molecular weight is 276 g/mol. The number of nitrogens with zero attached hydrogens (tertiary/aromatic N) is 4. The maximum Gasteiger partial charge on any atom is 0.305 e. The Kier molecular flexibility index (Phi) is 4.85. The van der Waals surface area contributed by atoms with Crippen molar-refractivity contribution in [3.63, 3.8) is 0 Å². The highest BCUT2D eigenvalue weighted by atomic mass is 16.5. The Hall–Kier alpha value is -2.20. The lowest BCUT2D eigenvalue weighted by molar-refractivity contribution is -0.138. The molecule has 0 unspecified atom stereocenters. The molecular formula is C13H16N4O3. The third-order valence-corrected chi connectivity index (χ3v) is 3.23. The van der Waals surface area contributed by atoms with Crippen molar-refractivity contribution >= 4 is 11.8 Å². The molecule has 0 amide bonds. The molecule has 0 radical (unpaired) electrons. The first-order valence-electron chi connectivity index (χ1n) is 6.51. The van der Waals surface area contributed by atoms with Crippen molar-refractivity contribution in [1.82, 2.24) is 10.2 Å². The van der Waals surface area contributed by atoms with E-state index in [-0.39, 0.29) is 19.1 Å². The molecule has 0 spiro atoms. The van der Waals surface area contributed by atoms with Gasteiger partial charge < -0.3 is 14.7 Å². The Bertz CT molecular complexity index is 507. The Morgan fingerprint density at radius 3 is 2.95 bits per heavy atom. The molecule has 0 aliphatic carbocycles. The summed E-state index contributed by atoms with van der Waals surface area (Å²) in [5.41, 5.74) is 0.519. The highest BCUT2D eigenvalue weighted by Crippen LogP contribution is 2.21. The maximum atomic E-state index is 10.4. The van der Waals surface area contributed by atoms with E-state index >= 15 is 0 Å². The van der Waals surface area contributed by atoms with Crippen LogP contribution in [0.2, 0.25) is 0 Å². The van der Waals surface area contributed by atoms with Crippen molar-refractivity contribution in [1.29, 1.82) is 5.26 Å². The molecule has 7 heteroatoms. The van der Waals surface area contributed by atoms with Crippen molar-refractivity contribution in [3.8, 4) is 6.07 Å². The van der Waals surface area contributed by atoms with E-state index in [9.17, 15) is 4.79 Å². The zero-order valence-electron chi connectivity index (χ0n) is 11.0. The number of aromatic nitrogens is 2. The molecule has 1 aromatic rings. The van der Waals surface area contributed by atoms with Gasteiger partial charge >= 0.3 is 5.97 Å². The standard InChI is InChI=1S/C13H16N4O3/c14-9-10-1-5-15-16-13(10)17-6-2-11(3-7-17)20-8-4-12(18)19/h1,5,11H,2-4,6-8H2,(H,18,19). The molecule has 2 rings (SSSR count). The van der Waals surface area contributed by atoms with Crippen molar-refractivity contribution in [2.24, 2.45) is 0 Å². The van der Waals surface area contributed by atoms with E-state index < -0.39 is 5.97 Å². The summed E-state index contributed by atoms with van der Waals surface area (Å²) in [6, 6.07) is 3.76. The lowest BCUT2D eigenvalue weighted by atomic mass is 10.1. The summed E-state index contributed by atoms with van der Waals surface area (Å²) in [5, 5.41) is 25.4. The summed E-state index contributed by atoms with van der Waals surface area (Å²) >= 11 is 0. The van der Waals surface area contributed by atoms with E-state index in [0.29, 0.717) is 11.4 Å². The van der Waals surface area contributed by atoms with E-state index in [1.807, 2.05) is 4.90 Å². The number of anilines is 1. The smallest absolute Gasteiger partial charge is 0.305 e. The lowest BCUT2D eigenvalue weighted by Crippen LogP contribution is -2.38. The van der Waals surface area contributed by atoms with Crippen molar-refractivity contribution in [3.05, 3.63) is 17.8 Å². The highest BCUT2D eigenvalue weighted by Gasteiger charge is 2.22. The van der Waals surface area contributed by atoms with Crippen LogP contribution in [0.5, 0.6) is 0 Å². The predicted octanol–water partition coefficient (Wildman–Crippen LogP) is 0.808. The van der Waals surface area contributed by atoms with Crippen LogP contribution < -0.4 is 4.90 Å². The number of aliphatic carboxylic acids is 1. The minimum atomic E-state index is -0.847. The number of hydrogen-bond donors (Lipinski definition) is 1. The van der Waals surface area contributed by atoms with Gasteiger partial charge in [-0.2, -0.15) is 10.4 Å². The van der Waals surface area contributed by atoms with Crippen LogP contribution in [0.25, 0.3) is 0 Å². The first kappa shape index (κ1) is 14.2. The van der Waals surface area contributed by atoms with Gasteiger partial charge in [0.05, 0.1) is 30.9 Å². The third kappa shape index (κ3) is 3.65. The van der Waals surface area contributed by atoms with E-state index in [1.165, 1.54) is 6.20 Å². The maximum absolute atomic E-state index is 10.4. The van der Waals surface area contributed by atoms with Gasteiger partial charge in [0.1, 0.15) is 6.07 Å². The van der Waals surface area contributed by atoms with Gasteiger partial charge in [0.25, 0.3) is 0 Å². The molecule has 0 saturated carbocycles. The number of carbonyl (C=O) groups is 1. The lowest BCUT2D eigenvalue weighted by Gasteiger charge is -2.32. The van der Waals surface area contributed by atoms with E-state index in [4.69, 9.17) is 15.1 Å². The SMILES string of the molecule is N#Cc1ccnnc1N1CCC(OCCC(=O)O)CC1. The van der Waals surface area contributed by atoms with Gasteiger partial charge in [0, 0.05) is 13.1 Å².